The summed E-state index contributed by atoms with van der Waals surface area (Å²) in [7, 11) is 0. The number of ether oxygens (including phenoxy) is 1. The van der Waals surface area contributed by atoms with Crippen LogP contribution < -0.4 is 5.32 Å². The summed E-state index contributed by atoms with van der Waals surface area (Å²) in [6.07, 6.45) is -1.11. The van der Waals surface area contributed by atoms with E-state index in [4.69, 9.17) is 16.3 Å². The molecule has 1 unspecified atom stereocenters. The van der Waals surface area contributed by atoms with Crippen LogP contribution in [0.3, 0.4) is 0 Å². The topological polar surface area (TPSA) is 55.4 Å². The molecule has 1 N–H and O–H groups in total. The number of halogens is 2. The molecule has 0 aliphatic carbocycles. The molecule has 0 bridgehead atoms. The van der Waals surface area contributed by atoms with Crippen LogP contribution in [0.25, 0.3) is 0 Å². The van der Waals surface area contributed by atoms with Crippen LogP contribution >= 0.6 is 11.6 Å². The standard InChI is InChI=1S/C20H21ClFNO3/c1-11(2)14-8-5-7-12(3)18(14)23-19(24)13(4)26-20(25)17-15(21)9-6-10-16(17)22/h5-11,13H,1-4H3,(H,23,24). The van der Waals surface area contributed by atoms with E-state index >= 15 is 0 Å². The molecule has 1 amide bonds. The number of carbonyl (C=O) groups excluding carboxylic acids is 2. The summed E-state index contributed by atoms with van der Waals surface area (Å²) in [5.74, 6) is -2.07. The Hall–Kier alpha value is -2.40. The Bertz CT molecular complexity index is 816. The van der Waals surface area contributed by atoms with Gasteiger partial charge in [-0.2, -0.15) is 0 Å². The highest BCUT2D eigenvalue weighted by Gasteiger charge is 2.24. The van der Waals surface area contributed by atoms with E-state index in [1.165, 1.54) is 19.1 Å². The third-order valence-corrected chi connectivity index (χ3v) is 4.31. The van der Waals surface area contributed by atoms with Gasteiger partial charge < -0.3 is 10.1 Å². The highest BCUT2D eigenvalue weighted by atomic mass is 35.5. The van der Waals surface area contributed by atoms with Crippen molar-refractivity contribution in [1.82, 2.24) is 0 Å². The summed E-state index contributed by atoms with van der Waals surface area (Å²) in [6.45, 7) is 7.36. The van der Waals surface area contributed by atoms with E-state index in [9.17, 15) is 14.0 Å². The average molecular weight is 378 g/mol. The molecule has 0 aliphatic rings. The summed E-state index contributed by atoms with van der Waals surface area (Å²) in [6, 6.07) is 9.62. The van der Waals surface area contributed by atoms with Crippen LogP contribution in [-0.2, 0) is 9.53 Å². The molecular formula is C20H21ClFNO3. The number of anilines is 1. The van der Waals surface area contributed by atoms with Gasteiger partial charge in [0.25, 0.3) is 5.91 Å². The van der Waals surface area contributed by atoms with Crippen molar-refractivity contribution < 1.29 is 18.7 Å². The van der Waals surface area contributed by atoms with Gasteiger partial charge in [0.15, 0.2) is 6.10 Å². The fourth-order valence-corrected chi connectivity index (χ4v) is 2.77. The molecule has 1 atom stereocenters. The van der Waals surface area contributed by atoms with E-state index in [1.54, 1.807) is 0 Å². The van der Waals surface area contributed by atoms with Crippen LogP contribution in [0.2, 0.25) is 5.02 Å². The molecule has 6 heteroatoms. The molecular weight excluding hydrogens is 357 g/mol. The highest BCUT2D eigenvalue weighted by molar-refractivity contribution is 6.33. The van der Waals surface area contributed by atoms with E-state index in [1.807, 2.05) is 39.0 Å². The summed E-state index contributed by atoms with van der Waals surface area (Å²) < 4.78 is 18.9. The SMILES string of the molecule is Cc1cccc(C(C)C)c1NC(=O)C(C)OC(=O)c1c(F)cccc1Cl. The molecule has 0 spiro atoms. The fourth-order valence-electron chi connectivity index (χ4n) is 2.53. The molecule has 2 aromatic rings. The molecule has 0 saturated carbocycles. The van der Waals surface area contributed by atoms with Crippen LogP contribution in [0, 0.1) is 12.7 Å². The first-order valence-corrected chi connectivity index (χ1v) is 8.65. The molecule has 0 saturated heterocycles. The van der Waals surface area contributed by atoms with Gasteiger partial charge in [-0.25, -0.2) is 9.18 Å². The average Bonchev–Trinajstić information content (AvgIpc) is 2.56. The maximum absolute atomic E-state index is 13.8. The first kappa shape index (κ1) is 19.9. The predicted octanol–water partition coefficient (Wildman–Crippen LogP) is 5.09. The van der Waals surface area contributed by atoms with Crippen LogP contribution in [0.5, 0.6) is 0 Å². The van der Waals surface area contributed by atoms with Crippen molar-refractivity contribution >= 4 is 29.2 Å². The number of benzene rings is 2. The van der Waals surface area contributed by atoms with Crippen LogP contribution in [-0.4, -0.2) is 18.0 Å². The third kappa shape index (κ3) is 4.41. The maximum Gasteiger partial charge on any atom is 0.343 e. The summed E-state index contributed by atoms with van der Waals surface area (Å²) in [4.78, 5) is 24.6. The summed E-state index contributed by atoms with van der Waals surface area (Å²) >= 11 is 5.85. The number of para-hydroxylation sites is 1. The minimum atomic E-state index is -1.11. The van der Waals surface area contributed by atoms with Crippen LogP contribution in [0.1, 0.15) is 48.2 Å². The van der Waals surface area contributed by atoms with Gasteiger partial charge in [-0.1, -0.05) is 49.7 Å². The van der Waals surface area contributed by atoms with Gasteiger partial charge in [0.1, 0.15) is 11.4 Å². The van der Waals surface area contributed by atoms with Crippen molar-refractivity contribution in [1.29, 1.82) is 0 Å². The lowest BCUT2D eigenvalue weighted by molar-refractivity contribution is -0.123. The molecule has 4 nitrogen and oxygen atoms in total. The Labute approximate surface area is 157 Å². The first-order valence-electron chi connectivity index (χ1n) is 8.27. The molecule has 0 radical (unpaired) electrons. The largest absolute Gasteiger partial charge is 0.449 e. The zero-order valence-corrected chi connectivity index (χ0v) is 15.9. The number of aryl methyl sites for hydroxylation is 1. The molecule has 0 aromatic heterocycles. The normalized spacial score (nSPS) is 12.0. The second-order valence-corrected chi connectivity index (χ2v) is 6.73. The smallest absolute Gasteiger partial charge is 0.343 e. The summed E-state index contributed by atoms with van der Waals surface area (Å²) in [5.41, 5.74) is 2.20. The Morgan fingerprint density at radius 2 is 1.77 bits per heavy atom. The number of nitrogens with one attached hydrogen (secondary N) is 1. The fraction of sp³-hybridized carbons (Fsp3) is 0.300. The lowest BCUT2D eigenvalue weighted by Crippen LogP contribution is -2.31. The number of hydrogen-bond acceptors (Lipinski definition) is 3. The van der Waals surface area contributed by atoms with E-state index in [2.05, 4.69) is 5.32 Å². The van der Waals surface area contributed by atoms with Crippen molar-refractivity contribution in [2.45, 2.75) is 39.7 Å². The number of rotatable bonds is 5. The zero-order valence-electron chi connectivity index (χ0n) is 15.1. The number of esters is 1. The summed E-state index contributed by atoms with van der Waals surface area (Å²) in [5, 5.41) is 2.74. The van der Waals surface area contributed by atoms with E-state index in [0.717, 1.165) is 17.2 Å². The second kappa shape index (κ2) is 8.32. The van der Waals surface area contributed by atoms with Gasteiger partial charge in [0, 0.05) is 5.69 Å². The Balaban J connectivity index is 2.15. The minimum Gasteiger partial charge on any atom is -0.449 e. The molecule has 26 heavy (non-hydrogen) atoms. The van der Waals surface area contributed by atoms with Gasteiger partial charge in [-0.05, 0) is 43.0 Å². The van der Waals surface area contributed by atoms with E-state index < -0.39 is 23.8 Å². The van der Waals surface area contributed by atoms with E-state index in [-0.39, 0.29) is 16.5 Å². The minimum absolute atomic E-state index is 0.0661. The lowest BCUT2D eigenvalue weighted by Gasteiger charge is -2.19. The van der Waals surface area contributed by atoms with Gasteiger partial charge in [-0.15, -0.1) is 0 Å². The molecule has 0 fully saturated rings. The monoisotopic (exact) mass is 377 g/mol. The Morgan fingerprint density at radius 1 is 1.12 bits per heavy atom. The number of amides is 1. The molecule has 2 aromatic carbocycles. The van der Waals surface area contributed by atoms with Gasteiger partial charge in [-0.3, -0.25) is 4.79 Å². The maximum atomic E-state index is 13.8. The quantitative estimate of drug-likeness (QED) is 0.738. The molecule has 2 rings (SSSR count). The van der Waals surface area contributed by atoms with Crippen molar-refractivity contribution in [3.8, 4) is 0 Å². The lowest BCUT2D eigenvalue weighted by atomic mass is 9.98. The second-order valence-electron chi connectivity index (χ2n) is 6.33. The third-order valence-electron chi connectivity index (χ3n) is 4.00. The molecule has 0 aliphatic heterocycles. The highest BCUT2D eigenvalue weighted by Crippen LogP contribution is 2.28. The number of hydrogen-bond donors (Lipinski definition) is 1. The van der Waals surface area contributed by atoms with Crippen molar-refractivity contribution in [2.75, 3.05) is 5.32 Å². The first-order chi connectivity index (χ1) is 12.2. The van der Waals surface area contributed by atoms with Gasteiger partial charge in [0.05, 0.1) is 5.02 Å². The van der Waals surface area contributed by atoms with Crippen molar-refractivity contribution in [2.24, 2.45) is 0 Å². The zero-order chi connectivity index (χ0) is 19.4. The Morgan fingerprint density at radius 3 is 2.38 bits per heavy atom. The predicted molar refractivity (Wildman–Crippen MR) is 100 cm³/mol. The number of carbonyl (C=O) groups is 2. The van der Waals surface area contributed by atoms with Crippen LogP contribution in [0.15, 0.2) is 36.4 Å². The molecule has 138 valence electrons. The van der Waals surface area contributed by atoms with Gasteiger partial charge in [0.2, 0.25) is 0 Å². The van der Waals surface area contributed by atoms with Crippen molar-refractivity contribution in [3.05, 3.63) is 63.9 Å². The van der Waals surface area contributed by atoms with Gasteiger partial charge >= 0.3 is 5.97 Å². The Kier molecular flexibility index (Phi) is 6.37. The van der Waals surface area contributed by atoms with Crippen LogP contribution in [0.4, 0.5) is 10.1 Å². The van der Waals surface area contributed by atoms with E-state index in [0.29, 0.717) is 5.69 Å². The molecule has 0 heterocycles. The van der Waals surface area contributed by atoms with Crippen molar-refractivity contribution in [3.63, 3.8) is 0 Å².